The number of ether oxygens (including phenoxy) is 1. The number of benzene rings is 2. The van der Waals surface area contributed by atoms with Crippen LogP contribution in [0, 0.1) is 20.8 Å². The number of hydrogen-bond acceptors (Lipinski definition) is 2. The molecular formula is C19H25NO. The molecule has 2 rings (SSSR count). The summed E-state index contributed by atoms with van der Waals surface area (Å²) in [7, 11) is 1.69. The minimum absolute atomic E-state index is 0.122. The second-order valence-corrected chi connectivity index (χ2v) is 5.90. The van der Waals surface area contributed by atoms with Crippen molar-refractivity contribution in [3.63, 3.8) is 0 Å². The first-order valence-corrected chi connectivity index (χ1v) is 7.45. The zero-order chi connectivity index (χ0) is 15.4. The standard InChI is InChI=1S/C19H25NO/c1-13-8-14(2)19(15(3)9-13)12-17(20)10-16-6-5-7-18(11-16)21-4/h5-9,11,17H,10,12,20H2,1-4H3. The summed E-state index contributed by atoms with van der Waals surface area (Å²) in [4.78, 5) is 0. The van der Waals surface area contributed by atoms with E-state index in [1.165, 1.54) is 27.8 Å². The van der Waals surface area contributed by atoms with Crippen molar-refractivity contribution in [3.05, 3.63) is 64.2 Å². The molecule has 0 bridgehead atoms. The van der Waals surface area contributed by atoms with E-state index in [1.807, 2.05) is 12.1 Å². The van der Waals surface area contributed by atoms with Gasteiger partial charge in [0.05, 0.1) is 7.11 Å². The van der Waals surface area contributed by atoms with Crippen molar-refractivity contribution in [2.75, 3.05) is 7.11 Å². The first-order valence-electron chi connectivity index (χ1n) is 7.45. The number of nitrogens with two attached hydrogens (primary N) is 1. The minimum Gasteiger partial charge on any atom is -0.497 e. The topological polar surface area (TPSA) is 35.2 Å². The van der Waals surface area contributed by atoms with Gasteiger partial charge in [-0.1, -0.05) is 29.8 Å². The van der Waals surface area contributed by atoms with Gasteiger partial charge in [0.1, 0.15) is 5.75 Å². The Labute approximate surface area is 127 Å². The van der Waals surface area contributed by atoms with Gasteiger partial charge >= 0.3 is 0 Å². The van der Waals surface area contributed by atoms with Crippen molar-refractivity contribution in [2.45, 2.75) is 39.7 Å². The molecule has 0 aromatic heterocycles. The lowest BCUT2D eigenvalue weighted by Gasteiger charge is -2.17. The molecular weight excluding hydrogens is 258 g/mol. The van der Waals surface area contributed by atoms with E-state index in [1.54, 1.807) is 7.11 Å². The van der Waals surface area contributed by atoms with Crippen LogP contribution >= 0.6 is 0 Å². The molecule has 112 valence electrons. The summed E-state index contributed by atoms with van der Waals surface area (Å²) >= 11 is 0. The fourth-order valence-corrected chi connectivity index (χ4v) is 2.97. The van der Waals surface area contributed by atoms with Gasteiger partial charge in [0.2, 0.25) is 0 Å². The van der Waals surface area contributed by atoms with Crippen molar-refractivity contribution in [3.8, 4) is 5.75 Å². The van der Waals surface area contributed by atoms with Gasteiger partial charge in [0.15, 0.2) is 0 Å². The smallest absolute Gasteiger partial charge is 0.119 e. The molecule has 0 amide bonds. The Kier molecular flexibility index (Phi) is 5.03. The van der Waals surface area contributed by atoms with Gasteiger partial charge < -0.3 is 10.5 Å². The highest BCUT2D eigenvalue weighted by molar-refractivity contribution is 5.38. The van der Waals surface area contributed by atoms with Gasteiger partial charge in [0.25, 0.3) is 0 Å². The van der Waals surface area contributed by atoms with Crippen molar-refractivity contribution < 1.29 is 4.74 Å². The largest absolute Gasteiger partial charge is 0.497 e. The van der Waals surface area contributed by atoms with E-state index in [9.17, 15) is 0 Å². The van der Waals surface area contributed by atoms with Crippen LogP contribution in [0.4, 0.5) is 0 Å². The molecule has 0 fully saturated rings. The molecule has 2 nitrogen and oxygen atoms in total. The number of methoxy groups -OCH3 is 1. The van der Waals surface area contributed by atoms with Gasteiger partial charge in [-0.05, 0) is 68.0 Å². The second kappa shape index (κ2) is 6.77. The van der Waals surface area contributed by atoms with Crippen LogP contribution < -0.4 is 10.5 Å². The third-order valence-electron chi connectivity index (χ3n) is 3.94. The molecule has 0 heterocycles. The summed E-state index contributed by atoms with van der Waals surface area (Å²) in [6.45, 7) is 6.49. The second-order valence-electron chi connectivity index (χ2n) is 5.90. The van der Waals surface area contributed by atoms with Crippen molar-refractivity contribution in [1.29, 1.82) is 0 Å². The first kappa shape index (κ1) is 15.6. The van der Waals surface area contributed by atoms with Crippen LogP contribution in [0.15, 0.2) is 36.4 Å². The summed E-state index contributed by atoms with van der Waals surface area (Å²) in [6, 6.07) is 12.7. The Balaban J connectivity index is 2.09. The molecule has 0 aliphatic carbocycles. The summed E-state index contributed by atoms with van der Waals surface area (Å²) in [5, 5.41) is 0. The molecule has 0 saturated heterocycles. The van der Waals surface area contributed by atoms with Gasteiger partial charge in [0, 0.05) is 6.04 Å². The fourth-order valence-electron chi connectivity index (χ4n) is 2.97. The Morgan fingerprint density at radius 2 is 1.67 bits per heavy atom. The molecule has 2 heteroatoms. The van der Waals surface area contributed by atoms with Gasteiger partial charge in [-0.25, -0.2) is 0 Å². The van der Waals surface area contributed by atoms with Crippen molar-refractivity contribution in [1.82, 2.24) is 0 Å². The highest BCUT2D eigenvalue weighted by Gasteiger charge is 2.10. The molecule has 0 saturated carbocycles. The zero-order valence-electron chi connectivity index (χ0n) is 13.4. The third-order valence-corrected chi connectivity index (χ3v) is 3.94. The summed E-state index contributed by atoms with van der Waals surface area (Å²) in [5.74, 6) is 0.891. The maximum Gasteiger partial charge on any atom is 0.119 e. The van der Waals surface area contributed by atoms with Crippen LogP contribution in [-0.4, -0.2) is 13.2 Å². The lowest BCUT2D eigenvalue weighted by Crippen LogP contribution is -2.26. The quantitative estimate of drug-likeness (QED) is 0.907. The van der Waals surface area contributed by atoms with Crippen LogP contribution in [0.3, 0.4) is 0 Å². The SMILES string of the molecule is COc1cccc(CC(N)Cc2c(C)cc(C)cc2C)c1. The molecule has 0 aliphatic rings. The summed E-state index contributed by atoms with van der Waals surface area (Å²) in [6.07, 6.45) is 1.78. The molecule has 1 atom stereocenters. The Hall–Kier alpha value is -1.80. The molecule has 21 heavy (non-hydrogen) atoms. The Bertz CT molecular complexity index is 596. The summed E-state index contributed by atoms with van der Waals surface area (Å²) < 4.78 is 5.27. The lowest BCUT2D eigenvalue weighted by molar-refractivity contribution is 0.414. The lowest BCUT2D eigenvalue weighted by atomic mass is 9.92. The van der Waals surface area contributed by atoms with E-state index >= 15 is 0 Å². The minimum atomic E-state index is 0.122. The van der Waals surface area contributed by atoms with Crippen LogP contribution in [0.5, 0.6) is 5.75 Å². The monoisotopic (exact) mass is 283 g/mol. The third kappa shape index (κ3) is 4.08. The van der Waals surface area contributed by atoms with Crippen LogP contribution in [0.25, 0.3) is 0 Å². The predicted molar refractivity (Wildman–Crippen MR) is 89.0 cm³/mol. The number of hydrogen-bond donors (Lipinski definition) is 1. The Morgan fingerprint density at radius 1 is 1.00 bits per heavy atom. The van der Waals surface area contributed by atoms with E-state index in [0.29, 0.717) is 0 Å². The molecule has 1 unspecified atom stereocenters. The molecule has 0 radical (unpaired) electrons. The fraction of sp³-hybridized carbons (Fsp3) is 0.368. The van der Waals surface area contributed by atoms with Gasteiger partial charge in [-0.2, -0.15) is 0 Å². The van der Waals surface area contributed by atoms with Crippen LogP contribution in [0.1, 0.15) is 27.8 Å². The average molecular weight is 283 g/mol. The van der Waals surface area contributed by atoms with Crippen LogP contribution in [0.2, 0.25) is 0 Å². The van der Waals surface area contributed by atoms with E-state index < -0.39 is 0 Å². The highest BCUT2D eigenvalue weighted by Crippen LogP contribution is 2.20. The first-order chi connectivity index (χ1) is 9.99. The van der Waals surface area contributed by atoms with Crippen LogP contribution in [-0.2, 0) is 12.8 Å². The summed E-state index contributed by atoms with van der Waals surface area (Å²) in [5.41, 5.74) is 13.0. The predicted octanol–water partition coefficient (Wildman–Crippen LogP) is 3.73. The normalized spacial score (nSPS) is 12.2. The van der Waals surface area contributed by atoms with Crippen molar-refractivity contribution >= 4 is 0 Å². The van der Waals surface area contributed by atoms with E-state index in [-0.39, 0.29) is 6.04 Å². The number of aryl methyl sites for hydroxylation is 3. The number of rotatable bonds is 5. The van der Waals surface area contributed by atoms with Crippen molar-refractivity contribution in [2.24, 2.45) is 5.73 Å². The average Bonchev–Trinajstić information content (AvgIpc) is 2.43. The zero-order valence-corrected chi connectivity index (χ0v) is 13.4. The maximum absolute atomic E-state index is 6.36. The molecule has 2 aromatic carbocycles. The van der Waals surface area contributed by atoms with E-state index in [0.717, 1.165) is 18.6 Å². The molecule has 0 aliphatic heterocycles. The Morgan fingerprint density at radius 3 is 2.29 bits per heavy atom. The van der Waals surface area contributed by atoms with Gasteiger partial charge in [-0.3, -0.25) is 0 Å². The molecule has 0 spiro atoms. The van der Waals surface area contributed by atoms with E-state index in [2.05, 4.69) is 45.0 Å². The van der Waals surface area contributed by atoms with E-state index in [4.69, 9.17) is 10.5 Å². The maximum atomic E-state index is 6.36. The van der Waals surface area contributed by atoms with Gasteiger partial charge in [-0.15, -0.1) is 0 Å². The molecule has 2 N–H and O–H groups in total. The molecule has 2 aromatic rings. The highest BCUT2D eigenvalue weighted by atomic mass is 16.5.